The minimum atomic E-state index is -1.58. The van der Waals surface area contributed by atoms with Crippen molar-refractivity contribution in [3.8, 4) is 0 Å². The number of ether oxygens (including phenoxy) is 1. The highest BCUT2D eigenvalue weighted by molar-refractivity contribution is 7.93. The minimum Gasteiger partial charge on any atom is -0.377 e. The zero-order valence-electron chi connectivity index (χ0n) is 11.5. The molecule has 4 rings (SSSR count). The van der Waals surface area contributed by atoms with E-state index in [1.165, 1.54) is 10.8 Å². The molecule has 0 aliphatic carbocycles. The summed E-state index contributed by atoms with van der Waals surface area (Å²) in [5.74, 6) is -0.381. The number of nitrogens with one attached hydrogen (secondary N) is 1. The van der Waals surface area contributed by atoms with Crippen molar-refractivity contribution in [2.75, 3.05) is 13.2 Å². The Morgan fingerprint density at radius 3 is 3.00 bits per heavy atom. The summed E-state index contributed by atoms with van der Waals surface area (Å²) in [6.45, 7) is 1.30. The normalized spacial score (nSPS) is 21.6. The van der Waals surface area contributed by atoms with E-state index in [-0.39, 0.29) is 5.91 Å². The zero-order valence-corrected chi connectivity index (χ0v) is 12.3. The summed E-state index contributed by atoms with van der Waals surface area (Å²) in [5.41, 5.74) is 2.76. The highest BCUT2D eigenvalue weighted by Gasteiger charge is 2.23. The molecule has 8 heteroatoms. The van der Waals surface area contributed by atoms with E-state index < -0.39 is 11.0 Å². The van der Waals surface area contributed by atoms with Crippen LogP contribution in [0.5, 0.6) is 0 Å². The molecule has 2 aromatic heterocycles. The van der Waals surface area contributed by atoms with Gasteiger partial charge in [0.15, 0.2) is 16.0 Å². The number of rotatable bonds is 2. The highest BCUT2D eigenvalue weighted by Crippen LogP contribution is 2.25. The first-order valence-electron chi connectivity index (χ1n) is 6.78. The first kappa shape index (κ1) is 13.4. The van der Waals surface area contributed by atoms with Crippen LogP contribution in [-0.2, 0) is 20.5 Å². The van der Waals surface area contributed by atoms with E-state index >= 15 is 0 Å². The maximum absolute atomic E-state index is 11.8. The maximum Gasteiger partial charge on any atom is 0.258 e. The van der Waals surface area contributed by atoms with Gasteiger partial charge in [-0.2, -0.15) is 5.10 Å². The van der Waals surface area contributed by atoms with E-state index in [2.05, 4.69) is 14.8 Å². The van der Waals surface area contributed by atoms with Crippen LogP contribution >= 0.6 is 0 Å². The van der Waals surface area contributed by atoms with Gasteiger partial charge in [-0.3, -0.25) is 14.5 Å². The van der Waals surface area contributed by atoms with Gasteiger partial charge < -0.3 is 4.74 Å². The van der Waals surface area contributed by atoms with Crippen molar-refractivity contribution < 1.29 is 13.7 Å². The molecular weight excluding hydrogens is 304 g/mol. The number of carbonyl (C=O) groups is 1. The molecule has 2 aliphatic rings. The molecular formula is C14H12N4O3S. The molecule has 4 heterocycles. The van der Waals surface area contributed by atoms with Crippen LogP contribution < -0.4 is 4.72 Å². The Morgan fingerprint density at radius 1 is 1.36 bits per heavy atom. The van der Waals surface area contributed by atoms with Crippen LogP contribution in [0.15, 0.2) is 30.6 Å². The molecule has 1 atom stereocenters. The molecule has 0 fully saturated rings. The molecule has 0 saturated carbocycles. The number of fused-ring (bicyclic) bond motifs is 1. The summed E-state index contributed by atoms with van der Waals surface area (Å²) >= 11 is 0. The molecule has 22 heavy (non-hydrogen) atoms. The van der Waals surface area contributed by atoms with Crippen molar-refractivity contribution in [3.63, 3.8) is 0 Å². The van der Waals surface area contributed by atoms with Crippen molar-refractivity contribution >= 4 is 38.4 Å². The summed E-state index contributed by atoms with van der Waals surface area (Å²) < 4.78 is 21.0. The second kappa shape index (κ2) is 5.15. The van der Waals surface area contributed by atoms with Crippen molar-refractivity contribution in [2.24, 2.45) is 0 Å². The Kier molecular flexibility index (Phi) is 3.12. The Labute approximate surface area is 128 Å². The third-order valence-corrected chi connectivity index (χ3v) is 4.65. The van der Waals surface area contributed by atoms with Crippen LogP contribution in [0.4, 0.5) is 0 Å². The molecule has 0 aromatic carbocycles. The lowest BCUT2D eigenvalue weighted by molar-refractivity contribution is -0.114. The SMILES string of the molecule is O=C1C=C(n2ncc3cc(C4=CCOCC4)ncc32)S(=O)N1. The molecule has 0 spiro atoms. The lowest BCUT2D eigenvalue weighted by Gasteiger charge is -2.12. The predicted octanol–water partition coefficient (Wildman–Crippen LogP) is 0.827. The summed E-state index contributed by atoms with van der Waals surface area (Å²) in [7, 11) is -1.58. The first-order valence-corrected chi connectivity index (χ1v) is 7.93. The average Bonchev–Trinajstić information content (AvgIpc) is 3.10. The summed E-state index contributed by atoms with van der Waals surface area (Å²) in [6, 6.07) is 1.95. The van der Waals surface area contributed by atoms with Gasteiger partial charge in [0.25, 0.3) is 5.91 Å². The lowest BCUT2D eigenvalue weighted by Crippen LogP contribution is -2.17. The number of hydrogen-bond acceptors (Lipinski definition) is 5. The lowest BCUT2D eigenvalue weighted by atomic mass is 10.1. The van der Waals surface area contributed by atoms with Crippen molar-refractivity contribution in [1.82, 2.24) is 19.5 Å². The van der Waals surface area contributed by atoms with Crippen LogP contribution in [-0.4, -0.2) is 38.1 Å². The Bertz CT molecular complexity index is 868. The second-order valence-corrected chi connectivity index (χ2v) is 6.12. The fraction of sp³-hybridized carbons (Fsp3) is 0.214. The minimum absolute atomic E-state index is 0.319. The molecule has 1 unspecified atom stereocenters. The molecule has 112 valence electrons. The standard InChI is InChI=1S/C14H12N4O3S/c19-13-6-14(22(20)17-13)18-12-8-15-11(5-10(12)7-16-18)9-1-3-21-4-2-9/h1,5-8H,2-4H2,(H,17,19). The maximum atomic E-state index is 11.8. The number of nitrogens with zero attached hydrogens (tertiary/aromatic N) is 3. The van der Waals surface area contributed by atoms with Crippen LogP contribution in [0.2, 0.25) is 0 Å². The molecule has 2 aromatic rings. The second-order valence-electron chi connectivity index (χ2n) is 4.96. The summed E-state index contributed by atoms with van der Waals surface area (Å²) in [6.07, 6.45) is 7.52. The Hall–Kier alpha value is -2.32. The van der Waals surface area contributed by atoms with E-state index in [4.69, 9.17) is 4.74 Å². The molecule has 7 nitrogen and oxygen atoms in total. The largest absolute Gasteiger partial charge is 0.377 e. The Morgan fingerprint density at radius 2 is 2.27 bits per heavy atom. The molecule has 1 amide bonds. The summed E-state index contributed by atoms with van der Waals surface area (Å²) in [5, 5.41) is 5.43. The van der Waals surface area contributed by atoms with E-state index in [1.807, 2.05) is 12.1 Å². The summed E-state index contributed by atoms with van der Waals surface area (Å²) in [4.78, 5) is 15.8. The number of amides is 1. The van der Waals surface area contributed by atoms with Gasteiger partial charge in [-0.15, -0.1) is 0 Å². The van der Waals surface area contributed by atoms with E-state index in [0.717, 1.165) is 23.1 Å². The van der Waals surface area contributed by atoms with Gasteiger partial charge in [0.05, 0.1) is 36.8 Å². The monoisotopic (exact) mass is 316 g/mol. The molecule has 2 aliphatic heterocycles. The smallest absolute Gasteiger partial charge is 0.258 e. The Balaban J connectivity index is 1.78. The first-order chi connectivity index (χ1) is 10.7. The van der Waals surface area contributed by atoms with Crippen LogP contribution in [0.3, 0.4) is 0 Å². The fourth-order valence-electron chi connectivity index (χ4n) is 2.52. The van der Waals surface area contributed by atoms with Gasteiger partial charge in [-0.05, 0) is 18.1 Å². The van der Waals surface area contributed by atoms with Gasteiger partial charge in [0, 0.05) is 11.5 Å². The van der Waals surface area contributed by atoms with Crippen molar-refractivity contribution in [1.29, 1.82) is 0 Å². The zero-order chi connectivity index (χ0) is 15.1. The predicted molar refractivity (Wildman–Crippen MR) is 81.5 cm³/mol. The van der Waals surface area contributed by atoms with Gasteiger partial charge >= 0.3 is 0 Å². The van der Waals surface area contributed by atoms with E-state index in [0.29, 0.717) is 23.8 Å². The molecule has 1 N–H and O–H groups in total. The average molecular weight is 316 g/mol. The van der Waals surface area contributed by atoms with E-state index in [1.54, 1.807) is 12.4 Å². The van der Waals surface area contributed by atoms with Crippen molar-refractivity contribution in [3.05, 3.63) is 36.3 Å². The van der Waals surface area contributed by atoms with Crippen LogP contribution in [0.1, 0.15) is 12.1 Å². The number of carbonyl (C=O) groups excluding carboxylic acids is 1. The quantitative estimate of drug-likeness (QED) is 0.887. The fourth-order valence-corrected chi connectivity index (χ4v) is 3.38. The van der Waals surface area contributed by atoms with Gasteiger partial charge in [-0.1, -0.05) is 6.08 Å². The number of hydrogen-bond donors (Lipinski definition) is 1. The van der Waals surface area contributed by atoms with Gasteiger partial charge in [-0.25, -0.2) is 8.89 Å². The molecule has 0 bridgehead atoms. The highest BCUT2D eigenvalue weighted by atomic mass is 32.2. The number of aromatic nitrogens is 3. The van der Waals surface area contributed by atoms with Crippen LogP contribution in [0.25, 0.3) is 21.5 Å². The van der Waals surface area contributed by atoms with E-state index in [9.17, 15) is 9.00 Å². The third kappa shape index (κ3) is 2.16. The van der Waals surface area contributed by atoms with Gasteiger partial charge in [0.1, 0.15) is 0 Å². The van der Waals surface area contributed by atoms with Crippen LogP contribution in [0, 0.1) is 0 Å². The topological polar surface area (TPSA) is 86.1 Å². The molecule has 0 radical (unpaired) electrons. The third-order valence-electron chi connectivity index (χ3n) is 3.59. The van der Waals surface area contributed by atoms with Crippen molar-refractivity contribution in [2.45, 2.75) is 6.42 Å². The van der Waals surface area contributed by atoms with Gasteiger partial charge in [0.2, 0.25) is 0 Å². The number of pyridine rings is 1. The molecule has 0 saturated heterocycles.